The quantitative estimate of drug-likeness (QED) is 0.747. The molecule has 5 heteroatoms. The molecular formula is C15H23N3O2. The first kappa shape index (κ1) is 16.2. The van der Waals surface area contributed by atoms with Gasteiger partial charge in [0, 0.05) is 37.3 Å². The molecule has 0 aliphatic carbocycles. The molecule has 0 saturated heterocycles. The molecule has 5 nitrogen and oxygen atoms in total. The third kappa shape index (κ3) is 5.84. The second kappa shape index (κ2) is 7.65. The molecule has 0 aliphatic rings. The van der Waals surface area contributed by atoms with Crippen molar-refractivity contribution in [2.24, 2.45) is 0 Å². The van der Waals surface area contributed by atoms with Crippen LogP contribution in [-0.4, -0.2) is 24.4 Å². The minimum Gasteiger partial charge on any atom is -0.326 e. The summed E-state index contributed by atoms with van der Waals surface area (Å²) < 4.78 is 0. The molecular weight excluding hydrogens is 254 g/mol. The highest BCUT2D eigenvalue weighted by atomic mass is 16.2. The fraction of sp³-hybridized carbons (Fsp3) is 0.467. The van der Waals surface area contributed by atoms with Crippen molar-refractivity contribution in [3.05, 3.63) is 23.8 Å². The Hall–Kier alpha value is -1.88. The molecule has 20 heavy (non-hydrogen) atoms. The highest BCUT2D eigenvalue weighted by molar-refractivity contribution is 5.94. The largest absolute Gasteiger partial charge is 0.326 e. The van der Waals surface area contributed by atoms with Crippen LogP contribution in [0.25, 0.3) is 0 Å². The smallest absolute Gasteiger partial charge is 0.225 e. The third-order valence-corrected chi connectivity index (χ3v) is 2.74. The van der Waals surface area contributed by atoms with E-state index in [1.807, 2.05) is 32.9 Å². The van der Waals surface area contributed by atoms with Gasteiger partial charge in [0.15, 0.2) is 0 Å². The number of anilines is 2. The van der Waals surface area contributed by atoms with E-state index >= 15 is 0 Å². The highest BCUT2D eigenvalue weighted by Crippen LogP contribution is 2.20. The van der Waals surface area contributed by atoms with E-state index < -0.39 is 0 Å². The number of hydrogen-bond acceptors (Lipinski definition) is 3. The van der Waals surface area contributed by atoms with Crippen molar-refractivity contribution in [3.63, 3.8) is 0 Å². The third-order valence-electron chi connectivity index (χ3n) is 2.74. The Kier molecular flexibility index (Phi) is 6.18. The van der Waals surface area contributed by atoms with E-state index in [0.717, 1.165) is 11.3 Å². The fourth-order valence-corrected chi connectivity index (χ4v) is 1.72. The van der Waals surface area contributed by atoms with Crippen molar-refractivity contribution in [3.8, 4) is 0 Å². The summed E-state index contributed by atoms with van der Waals surface area (Å²) in [4.78, 5) is 22.9. The van der Waals surface area contributed by atoms with Crippen LogP contribution in [0.3, 0.4) is 0 Å². The van der Waals surface area contributed by atoms with Gasteiger partial charge in [-0.1, -0.05) is 19.9 Å². The maximum Gasteiger partial charge on any atom is 0.225 e. The number of nitrogens with one attached hydrogen (secondary N) is 3. The van der Waals surface area contributed by atoms with Gasteiger partial charge in [-0.05, 0) is 24.6 Å². The van der Waals surface area contributed by atoms with Gasteiger partial charge in [-0.25, -0.2) is 0 Å². The number of aryl methyl sites for hydroxylation is 1. The maximum atomic E-state index is 11.8. The van der Waals surface area contributed by atoms with Crippen LogP contribution in [0.1, 0.15) is 32.8 Å². The predicted octanol–water partition coefficient (Wildman–Crippen LogP) is 2.28. The van der Waals surface area contributed by atoms with Gasteiger partial charge in [0.1, 0.15) is 0 Å². The summed E-state index contributed by atoms with van der Waals surface area (Å²) in [6.07, 6.45) is 0.418. The van der Waals surface area contributed by atoms with Gasteiger partial charge >= 0.3 is 0 Å². The number of carbonyl (C=O) groups is 2. The predicted molar refractivity (Wildman–Crippen MR) is 81.9 cm³/mol. The lowest BCUT2D eigenvalue weighted by molar-refractivity contribution is -0.116. The second-order valence-electron chi connectivity index (χ2n) is 5.12. The summed E-state index contributed by atoms with van der Waals surface area (Å²) in [5.74, 6) is -0.173. The first-order valence-corrected chi connectivity index (χ1v) is 6.80. The van der Waals surface area contributed by atoms with Crippen LogP contribution < -0.4 is 16.0 Å². The molecule has 1 rings (SSSR count). The second-order valence-corrected chi connectivity index (χ2v) is 5.12. The molecule has 1 aromatic carbocycles. The number of carbonyl (C=O) groups excluding carboxylic acids is 2. The normalized spacial score (nSPS) is 10.4. The van der Waals surface area contributed by atoms with E-state index in [-0.39, 0.29) is 11.8 Å². The van der Waals surface area contributed by atoms with Crippen molar-refractivity contribution in [1.29, 1.82) is 0 Å². The molecule has 0 bridgehead atoms. The lowest BCUT2D eigenvalue weighted by Crippen LogP contribution is -2.27. The standard InChI is InChI=1S/C15H23N3O2/c1-10(2)16-8-7-15(20)18-13-6-5-11(3)14(9-13)17-12(4)19/h5-6,9-10,16H,7-8H2,1-4H3,(H,17,19)(H,18,20). The summed E-state index contributed by atoms with van der Waals surface area (Å²) in [6, 6.07) is 5.83. The monoisotopic (exact) mass is 277 g/mol. The lowest BCUT2D eigenvalue weighted by Gasteiger charge is -2.11. The number of hydrogen-bond donors (Lipinski definition) is 3. The summed E-state index contributed by atoms with van der Waals surface area (Å²) in [7, 11) is 0. The number of rotatable bonds is 6. The fourth-order valence-electron chi connectivity index (χ4n) is 1.72. The molecule has 0 atom stereocenters. The molecule has 0 spiro atoms. The SMILES string of the molecule is CC(=O)Nc1cc(NC(=O)CCNC(C)C)ccc1C. The number of benzene rings is 1. The van der Waals surface area contributed by atoms with Gasteiger partial charge < -0.3 is 16.0 Å². The molecule has 0 fully saturated rings. The minimum atomic E-state index is -0.127. The van der Waals surface area contributed by atoms with Gasteiger partial charge in [0.2, 0.25) is 11.8 Å². The maximum absolute atomic E-state index is 11.8. The Bertz CT molecular complexity index is 484. The van der Waals surface area contributed by atoms with E-state index in [1.165, 1.54) is 6.92 Å². The average molecular weight is 277 g/mol. The van der Waals surface area contributed by atoms with E-state index in [1.54, 1.807) is 6.07 Å². The minimum absolute atomic E-state index is 0.0456. The summed E-state index contributed by atoms with van der Waals surface area (Å²) in [6.45, 7) is 8.09. The van der Waals surface area contributed by atoms with Crippen LogP contribution >= 0.6 is 0 Å². The molecule has 0 saturated carbocycles. The van der Waals surface area contributed by atoms with Gasteiger partial charge in [-0.15, -0.1) is 0 Å². The van der Waals surface area contributed by atoms with E-state index in [0.29, 0.717) is 24.7 Å². The van der Waals surface area contributed by atoms with Crippen LogP contribution in [0, 0.1) is 6.92 Å². The summed E-state index contributed by atoms with van der Waals surface area (Å²) in [5.41, 5.74) is 2.36. The lowest BCUT2D eigenvalue weighted by atomic mass is 10.1. The van der Waals surface area contributed by atoms with Crippen LogP contribution in [0.2, 0.25) is 0 Å². The molecule has 110 valence electrons. The molecule has 2 amide bonds. The highest BCUT2D eigenvalue weighted by Gasteiger charge is 2.06. The van der Waals surface area contributed by atoms with Crippen molar-refractivity contribution in [1.82, 2.24) is 5.32 Å². The van der Waals surface area contributed by atoms with Crippen LogP contribution in [0.5, 0.6) is 0 Å². The molecule has 1 aromatic rings. The zero-order valence-corrected chi connectivity index (χ0v) is 12.5. The van der Waals surface area contributed by atoms with Crippen LogP contribution in [0.4, 0.5) is 11.4 Å². The van der Waals surface area contributed by atoms with Gasteiger partial charge in [-0.2, -0.15) is 0 Å². The van der Waals surface area contributed by atoms with Gasteiger partial charge in [-0.3, -0.25) is 9.59 Å². The van der Waals surface area contributed by atoms with Crippen molar-refractivity contribution < 1.29 is 9.59 Å². The Morgan fingerprint density at radius 3 is 2.50 bits per heavy atom. The molecule has 3 N–H and O–H groups in total. The Morgan fingerprint density at radius 2 is 1.90 bits per heavy atom. The summed E-state index contributed by atoms with van der Waals surface area (Å²) in [5, 5.41) is 8.76. The average Bonchev–Trinajstić information content (AvgIpc) is 2.32. The van der Waals surface area contributed by atoms with Crippen LogP contribution in [-0.2, 0) is 9.59 Å². The number of amides is 2. The van der Waals surface area contributed by atoms with Gasteiger partial charge in [0.05, 0.1) is 0 Å². The molecule has 0 unspecified atom stereocenters. The van der Waals surface area contributed by atoms with E-state index in [9.17, 15) is 9.59 Å². The Labute approximate surface area is 120 Å². The zero-order valence-electron chi connectivity index (χ0n) is 12.5. The molecule has 0 aromatic heterocycles. The molecule has 0 aliphatic heterocycles. The molecule has 0 radical (unpaired) electrons. The van der Waals surface area contributed by atoms with Crippen molar-refractivity contribution >= 4 is 23.2 Å². The molecule has 0 heterocycles. The van der Waals surface area contributed by atoms with Crippen molar-refractivity contribution in [2.45, 2.75) is 40.2 Å². The van der Waals surface area contributed by atoms with E-state index in [4.69, 9.17) is 0 Å². The topological polar surface area (TPSA) is 70.2 Å². The van der Waals surface area contributed by atoms with Crippen molar-refractivity contribution in [2.75, 3.05) is 17.2 Å². The van der Waals surface area contributed by atoms with Gasteiger partial charge in [0.25, 0.3) is 0 Å². The first-order chi connectivity index (χ1) is 9.38. The summed E-state index contributed by atoms with van der Waals surface area (Å²) >= 11 is 0. The first-order valence-electron chi connectivity index (χ1n) is 6.80. The zero-order chi connectivity index (χ0) is 15.1. The van der Waals surface area contributed by atoms with Crippen LogP contribution in [0.15, 0.2) is 18.2 Å². The van der Waals surface area contributed by atoms with E-state index in [2.05, 4.69) is 16.0 Å². The Balaban J connectivity index is 2.59. The Morgan fingerprint density at radius 1 is 1.20 bits per heavy atom.